The molecular weight excluding hydrogens is 385 g/mol. The number of nitrogens with two attached hydrogens (primary N) is 1. The van der Waals surface area contributed by atoms with Gasteiger partial charge in [0.1, 0.15) is 11.6 Å². The van der Waals surface area contributed by atoms with Crippen molar-refractivity contribution in [2.75, 3.05) is 29.0 Å². The monoisotopic (exact) mass is 408 g/mol. The first kappa shape index (κ1) is 20.8. The molecule has 156 valence electrons. The Kier molecular flexibility index (Phi) is 5.40. The smallest absolute Gasteiger partial charge is 0.390 e. The topological polar surface area (TPSA) is 111 Å². The number of nitrogens with one attached hydrogen (secondary N) is 2. The van der Waals surface area contributed by atoms with Crippen molar-refractivity contribution in [3.05, 3.63) is 35.4 Å². The summed E-state index contributed by atoms with van der Waals surface area (Å²) >= 11 is 0. The predicted octanol–water partition coefficient (Wildman–Crippen LogP) is 3.42. The van der Waals surface area contributed by atoms with Gasteiger partial charge in [-0.15, -0.1) is 0 Å². The van der Waals surface area contributed by atoms with Gasteiger partial charge in [0.15, 0.2) is 0 Å². The van der Waals surface area contributed by atoms with E-state index in [0.29, 0.717) is 30.9 Å². The second-order valence-corrected chi connectivity index (χ2v) is 7.80. The fourth-order valence-electron chi connectivity index (χ4n) is 3.43. The van der Waals surface area contributed by atoms with Crippen LogP contribution in [0.4, 0.5) is 36.4 Å². The number of benzene rings is 1. The molecule has 29 heavy (non-hydrogen) atoms. The number of nitrogens with zero attached hydrogens (tertiary/aromatic N) is 3. The summed E-state index contributed by atoms with van der Waals surface area (Å²) in [6.45, 7) is 4.76. The average molecular weight is 408 g/mol. The first-order chi connectivity index (χ1) is 13.5. The van der Waals surface area contributed by atoms with Crippen LogP contribution in [-0.2, 0) is 6.18 Å². The summed E-state index contributed by atoms with van der Waals surface area (Å²) in [5.41, 5.74) is 4.74. The van der Waals surface area contributed by atoms with Crippen molar-refractivity contribution in [3.8, 4) is 0 Å². The first-order valence-electron chi connectivity index (χ1n) is 9.06. The van der Waals surface area contributed by atoms with Gasteiger partial charge in [-0.2, -0.15) is 23.1 Å². The van der Waals surface area contributed by atoms with E-state index in [0.717, 1.165) is 18.3 Å². The summed E-state index contributed by atoms with van der Waals surface area (Å²) in [5.74, 6) is 0.817. The lowest BCUT2D eigenvalue weighted by Gasteiger charge is -2.43. The van der Waals surface area contributed by atoms with E-state index in [-0.39, 0.29) is 23.4 Å². The summed E-state index contributed by atoms with van der Waals surface area (Å²) < 4.78 is 38.9. The molecule has 7 nitrogen and oxygen atoms in total. The highest BCUT2D eigenvalue weighted by Gasteiger charge is 2.34. The Balaban J connectivity index is 1.85. The molecule has 0 aliphatic carbocycles. The highest BCUT2D eigenvalue weighted by atomic mass is 19.4. The van der Waals surface area contributed by atoms with E-state index < -0.39 is 17.3 Å². The summed E-state index contributed by atoms with van der Waals surface area (Å²) in [7, 11) is 0. The number of aliphatic hydroxyl groups is 1. The molecule has 1 fully saturated rings. The highest BCUT2D eigenvalue weighted by Crippen LogP contribution is 2.35. The van der Waals surface area contributed by atoms with Crippen LogP contribution in [0.1, 0.15) is 31.4 Å². The number of rotatable bonds is 6. The number of anilines is 4. The predicted molar refractivity (Wildman–Crippen MR) is 106 cm³/mol. The maximum atomic E-state index is 13.0. The number of nitrogen functional groups attached to an aromatic ring is 1. The van der Waals surface area contributed by atoms with Crippen LogP contribution in [0.3, 0.4) is 0 Å². The standard InChI is InChI=1S/C19H23F3N6O/c1-18(2,29)7-11-9-28(10-11)16-14(8-23)15(26-17(24)27-16)25-13-5-3-4-12(6-13)19(20,21)22/h3-6,8,11,23,29H,7,9-10H2,1-2H3,(H3,24,25,26,27). The van der Waals surface area contributed by atoms with Crippen molar-refractivity contribution < 1.29 is 18.3 Å². The Morgan fingerprint density at radius 2 is 2.00 bits per heavy atom. The third kappa shape index (κ3) is 4.94. The molecule has 1 aromatic carbocycles. The fraction of sp³-hybridized carbons (Fsp3) is 0.421. The van der Waals surface area contributed by atoms with Crippen LogP contribution in [0, 0.1) is 11.3 Å². The Morgan fingerprint density at radius 1 is 1.31 bits per heavy atom. The molecule has 0 amide bonds. The van der Waals surface area contributed by atoms with E-state index in [1.54, 1.807) is 13.8 Å². The lowest BCUT2D eigenvalue weighted by atomic mass is 9.87. The summed E-state index contributed by atoms with van der Waals surface area (Å²) in [5, 5.41) is 20.5. The summed E-state index contributed by atoms with van der Waals surface area (Å²) in [6.07, 6.45) is -2.79. The molecule has 0 radical (unpaired) electrons. The lowest BCUT2D eigenvalue weighted by molar-refractivity contribution is -0.137. The molecule has 0 saturated carbocycles. The van der Waals surface area contributed by atoms with E-state index in [9.17, 15) is 18.3 Å². The molecule has 10 heteroatoms. The van der Waals surface area contributed by atoms with E-state index in [1.165, 1.54) is 12.1 Å². The minimum atomic E-state index is -4.47. The zero-order valence-electron chi connectivity index (χ0n) is 16.1. The number of hydrogen-bond acceptors (Lipinski definition) is 7. The van der Waals surface area contributed by atoms with Gasteiger partial charge in [-0.1, -0.05) is 6.07 Å². The van der Waals surface area contributed by atoms with E-state index in [1.807, 2.05) is 4.90 Å². The number of alkyl halides is 3. The zero-order valence-corrected chi connectivity index (χ0v) is 16.1. The Labute approximate surface area is 166 Å². The minimum Gasteiger partial charge on any atom is -0.390 e. The van der Waals surface area contributed by atoms with Gasteiger partial charge in [0.25, 0.3) is 0 Å². The molecule has 1 aliphatic heterocycles. The van der Waals surface area contributed by atoms with Crippen molar-refractivity contribution >= 4 is 29.5 Å². The van der Waals surface area contributed by atoms with E-state index in [2.05, 4.69) is 15.3 Å². The zero-order chi connectivity index (χ0) is 21.4. The molecule has 0 unspecified atom stereocenters. The van der Waals surface area contributed by atoms with Crippen LogP contribution in [-0.4, -0.2) is 40.0 Å². The van der Waals surface area contributed by atoms with Gasteiger partial charge in [0, 0.05) is 25.0 Å². The van der Waals surface area contributed by atoms with Gasteiger partial charge in [0.2, 0.25) is 5.95 Å². The third-order valence-electron chi connectivity index (χ3n) is 4.58. The van der Waals surface area contributed by atoms with Gasteiger partial charge >= 0.3 is 6.18 Å². The molecule has 5 N–H and O–H groups in total. The maximum Gasteiger partial charge on any atom is 0.416 e. The second kappa shape index (κ2) is 7.51. The normalized spacial score (nSPS) is 15.2. The van der Waals surface area contributed by atoms with Gasteiger partial charge in [-0.05, 0) is 44.4 Å². The van der Waals surface area contributed by atoms with E-state index in [4.69, 9.17) is 11.1 Å². The van der Waals surface area contributed by atoms with Crippen molar-refractivity contribution in [3.63, 3.8) is 0 Å². The van der Waals surface area contributed by atoms with Gasteiger partial charge in [-0.3, -0.25) is 0 Å². The fourth-order valence-corrected chi connectivity index (χ4v) is 3.43. The molecule has 2 heterocycles. The van der Waals surface area contributed by atoms with Crippen molar-refractivity contribution in [1.82, 2.24) is 9.97 Å². The average Bonchev–Trinajstić information content (AvgIpc) is 2.56. The molecule has 1 aliphatic rings. The SMILES string of the molecule is CC(C)(O)CC1CN(c2nc(N)nc(Nc3cccc(C(F)(F)F)c3)c2C=N)C1. The van der Waals surface area contributed by atoms with Crippen LogP contribution >= 0.6 is 0 Å². The number of halogens is 3. The Bertz CT molecular complexity index is 904. The molecule has 1 aromatic heterocycles. The Morgan fingerprint density at radius 3 is 2.59 bits per heavy atom. The van der Waals surface area contributed by atoms with Crippen LogP contribution in [0.5, 0.6) is 0 Å². The van der Waals surface area contributed by atoms with Crippen molar-refractivity contribution in [2.24, 2.45) is 5.92 Å². The van der Waals surface area contributed by atoms with Crippen LogP contribution < -0.4 is 16.0 Å². The van der Waals surface area contributed by atoms with Crippen molar-refractivity contribution in [2.45, 2.75) is 32.0 Å². The van der Waals surface area contributed by atoms with Gasteiger partial charge in [-0.25, -0.2) is 0 Å². The quantitative estimate of drug-likeness (QED) is 0.545. The van der Waals surface area contributed by atoms with Crippen molar-refractivity contribution in [1.29, 1.82) is 5.41 Å². The van der Waals surface area contributed by atoms with Gasteiger partial charge < -0.3 is 26.5 Å². The minimum absolute atomic E-state index is 0.0500. The summed E-state index contributed by atoms with van der Waals surface area (Å²) in [6, 6.07) is 4.71. The molecule has 0 atom stereocenters. The molecule has 2 aromatic rings. The molecule has 0 bridgehead atoms. The lowest BCUT2D eigenvalue weighted by Crippen LogP contribution is -2.50. The molecular formula is C19H23F3N6O. The van der Waals surface area contributed by atoms with Crippen LogP contribution in [0.25, 0.3) is 0 Å². The van der Waals surface area contributed by atoms with E-state index >= 15 is 0 Å². The molecule has 0 spiro atoms. The maximum absolute atomic E-state index is 13.0. The molecule has 1 saturated heterocycles. The summed E-state index contributed by atoms with van der Waals surface area (Å²) in [4.78, 5) is 10.2. The number of hydrogen-bond donors (Lipinski definition) is 4. The Hall–Kier alpha value is -2.88. The number of aromatic nitrogens is 2. The van der Waals surface area contributed by atoms with Crippen LogP contribution in [0.2, 0.25) is 0 Å². The van der Waals surface area contributed by atoms with Gasteiger partial charge in [0.05, 0.1) is 16.7 Å². The van der Waals surface area contributed by atoms with Crippen LogP contribution in [0.15, 0.2) is 24.3 Å². The largest absolute Gasteiger partial charge is 0.416 e. The first-order valence-corrected chi connectivity index (χ1v) is 9.06. The molecule has 3 rings (SSSR count). The second-order valence-electron chi connectivity index (χ2n) is 7.80. The highest BCUT2D eigenvalue weighted by molar-refractivity contribution is 5.93. The third-order valence-corrected chi connectivity index (χ3v) is 4.58.